The monoisotopic (exact) mass is 366 g/mol. The Kier molecular flexibility index (Phi) is 3.54. The Morgan fingerprint density at radius 1 is 1.19 bits per heavy atom. The first-order chi connectivity index (χ1) is 12.7. The zero-order valence-electron chi connectivity index (χ0n) is 14.3. The van der Waals surface area contributed by atoms with Crippen LogP contribution < -0.4 is 4.90 Å². The molecule has 0 amide bonds. The van der Waals surface area contributed by atoms with Crippen LogP contribution in [0.5, 0.6) is 0 Å². The first kappa shape index (κ1) is 15.5. The Morgan fingerprint density at radius 3 is 2.88 bits per heavy atom. The number of nitrogens with zero attached hydrogens (tertiary/aromatic N) is 6. The molecule has 1 aliphatic heterocycles. The van der Waals surface area contributed by atoms with Gasteiger partial charge < -0.3 is 10.0 Å². The molecule has 0 fully saturated rings. The molecule has 3 aromatic heterocycles. The Morgan fingerprint density at radius 2 is 2.08 bits per heavy atom. The smallest absolute Gasteiger partial charge is 0.186 e. The van der Waals surface area contributed by atoms with Crippen molar-refractivity contribution < 1.29 is 5.11 Å². The number of para-hydroxylation sites is 1. The van der Waals surface area contributed by atoms with Crippen molar-refractivity contribution in [3.63, 3.8) is 0 Å². The molecule has 5 rings (SSSR count). The van der Waals surface area contributed by atoms with Crippen LogP contribution in [0.3, 0.4) is 0 Å². The quantitative estimate of drug-likeness (QED) is 0.602. The number of aliphatic hydroxyl groups excluding tert-OH is 1. The molecule has 4 aromatic rings. The van der Waals surface area contributed by atoms with Gasteiger partial charge in [-0.1, -0.05) is 23.5 Å². The van der Waals surface area contributed by atoms with E-state index in [-0.39, 0.29) is 0 Å². The number of benzene rings is 1. The minimum Gasteiger partial charge on any atom is -0.380 e. The first-order valence-corrected chi connectivity index (χ1v) is 9.34. The van der Waals surface area contributed by atoms with Crippen molar-refractivity contribution in [1.82, 2.24) is 24.5 Å². The second-order valence-electron chi connectivity index (χ2n) is 6.45. The lowest BCUT2D eigenvalue weighted by molar-refractivity contribution is 0.203. The van der Waals surface area contributed by atoms with Crippen LogP contribution in [0.1, 0.15) is 23.2 Å². The second kappa shape index (κ2) is 5.93. The average Bonchev–Trinajstić information content (AvgIpc) is 3.37. The fourth-order valence-corrected chi connectivity index (χ4v) is 4.38. The predicted molar refractivity (Wildman–Crippen MR) is 100 cm³/mol. The molecule has 26 heavy (non-hydrogen) atoms. The highest BCUT2D eigenvalue weighted by molar-refractivity contribution is 7.22. The number of hydrogen-bond donors (Lipinski definition) is 1. The zero-order valence-corrected chi connectivity index (χ0v) is 15.1. The molecule has 1 atom stereocenters. The number of rotatable bonds is 3. The maximum Gasteiger partial charge on any atom is 0.186 e. The molecule has 0 bridgehead atoms. The average molecular weight is 366 g/mol. The van der Waals surface area contributed by atoms with Crippen LogP contribution in [0.2, 0.25) is 0 Å². The van der Waals surface area contributed by atoms with Crippen molar-refractivity contribution in [2.75, 3.05) is 11.4 Å². The summed E-state index contributed by atoms with van der Waals surface area (Å²) in [6.45, 7) is 2.38. The van der Waals surface area contributed by atoms with Gasteiger partial charge in [-0.05, 0) is 24.3 Å². The molecular formula is C18H18N6OS. The Balaban J connectivity index is 1.42. The van der Waals surface area contributed by atoms with E-state index in [0.717, 1.165) is 41.7 Å². The number of aliphatic hydroxyl groups is 1. The number of aromatic nitrogens is 5. The number of anilines is 1. The van der Waals surface area contributed by atoms with E-state index < -0.39 is 6.10 Å². The fraction of sp³-hybridized carbons (Fsp3) is 0.278. The number of thiazole rings is 1. The molecule has 0 unspecified atom stereocenters. The summed E-state index contributed by atoms with van der Waals surface area (Å²) < 4.78 is 4.86. The second-order valence-corrected chi connectivity index (χ2v) is 7.46. The van der Waals surface area contributed by atoms with Gasteiger partial charge in [-0.15, -0.1) is 0 Å². The Labute approximate surface area is 154 Å². The maximum absolute atomic E-state index is 10.6. The third-order valence-corrected chi connectivity index (χ3v) is 5.89. The van der Waals surface area contributed by atoms with Gasteiger partial charge >= 0.3 is 0 Å². The third-order valence-electron chi connectivity index (χ3n) is 4.79. The summed E-state index contributed by atoms with van der Waals surface area (Å²) in [5.74, 6) is 0. The van der Waals surface area contributed by atoms with Crippen LogP contribution in [-0.2, 0) is 20.1 Å². The van der Waals surface area contributed by atoms with E-state index in [1.54, 1.807) is 22.2 Å². The molecular weight excluding hydrogens is 348 g/mol. The van der Waals surface area contributed by atoms with Crippen molar-refractivity contribution in [1.29, 1.82) is 0 Å². The van der Waals surface area contributed by atoms with Gasteiger partial charge in [0.05, 0.1) is 40.4 Å². The normalized spacial score (nSPS) is 15.4. The van der Waals surface area contributed by atoms with E-state index >= 15 is 0 Å². The highest BCUT2D eigenvalue weighted by Crippen LogP contribution is 2.31. The molecule has 0 radical (unpaired) electrons. The van der Waals surface area contributed by atoms with Crippen LogP contribution in [0.15, 0.2) is 42.6 Å². The molecule has 1 aromatic carbocycles. The molecule has 0 aliphatic carbocycles. The molecule has 8 heteroatoms. The molecule has 0 spiro atoms. The topological polar surface area (TPSA) is 72.0 Å². The molecule has 4 heterocycles. The third kappa shape index (κ3) is 2.49. The molecule has 1 aliphatic rings. The fourth-order valence-electron chi connectivity index (χ4n) is 3.38. The van der Waals surface area contributed by atoms with Gasteiger partial charge in [0.2, 0.25) is 0 Å². The number of aryl methyl sites for hydroxylation is 1. The van der Waals surface area contributed by atoms with Crippen LogP contribution >= 0.6 is 11.3 Å². The van der Waals surface area contributed by atoms with Crippen molar-refractivity contribution in [3.05, 3.63) is 59.7 Å². The SMILES string of the molecule is Cn1nccc1[C@H](O)c1cc2n(n1)CCN(c1nc3ccccc3s1)C2. The van der Waals surface area contributed by atoms with Crippen LogP contribution in [-0.4, -0.2) is 36.2 Å². The van der Waals surface area contributed by atoms with Gasteiger partial charge in [0.15, 0.2) is 5.13 Å². The van der Waals surface area contributed by atoms with Crippen molar-refractivity contribution in [2.45, 2.75) is 19.2 Å². The van der Waals surface area contributed by atoms with Crippen molar-refractivity contribution >= 4 is 26.7 Å². The minimum atomic E-state index is -0.767. The van der Waals surface area contributed by atoms with Gasteiger partial charge in [-0.3, -0.25) is 9.36 Å². The standard InChI is InChI=1S/C18H18N6OS/c1-22-15(6-7-19-22)17(25)14-10-12-11-23(8-9-24(12)21-14)18-20-13-4-2-3-5-16(13)26-18/h2-7,10,17,25H,8-9,11H2,1H3/t17-/m1/s1. The van der Waals surface area contributed by atoms with Crippen LogP contribution in [0.4, 0.5) is 5.13 Å². The molecule has 0 saturated carbocycles. The zero-order chi connectivity index (χ0) is 17.7. The summed E-state index contributed by atoms with van der Waals surface area (Å²) in [7, 11) is 1.82. The summed E-state index contributed by atoms with van der Waals surface area (Å²) in [6.07, 6.45) is 0.917. The summed E-state index contributed by atoms with van der Waals surface area (Å²) in [4.78, 5) is 7.04. The largest absolute Gasteiger partial charge is 0.380 e. The number of hydrogen-bond acceptors (Lipinski definition) is 6. The van der Waals surface area contributed by atoms with Gasteiger partial charge in [0.1, 0.15) is 6.10 Å². The summed E-state index contributed by atoms with van der Waals surface area (Å²) in [5.41, 5.74) is 3.53. The van der Waals surface area contributed by atoms with E-state index in [4.69, 9.17) is 4.98 Å². The maximum atomic E-state index is 10.6. The van der Waals surface area contributed by atoms with E-state index in [9.17, 15) is 5.11 Å². The van der Waals surface area contributed by atoms with Crippen LogP contribution in [0.25, 0.3) is 10.2 Å². The van der Waals surface area contributed by atoms with E-state index in [1.807, 2.05) is 42.1 Å². The summed E-state index contributed by atoms with van der Waals surface area (Å²) in [6, 6.07) is 12.0. The minimum absolute atomic E-state index is 0.662. The van der Waals surface area contributed by atoms with Crippen molar-refractivity contribution in [3.8, 4) is 0 Å². The Bertz CT molecular complexity index is 1050. The number of fused-ring (bicyclic) bond motifs is 2. The van der Waals surface area contributed by atoms with Crippen molar-refractivity contribution in [2.24, 2.45) is 7.05 Å². The van der Waals surface area contributed by atoms with Gasteiger partial charge in [-0.25, -0.2) is 4.98 Å². The molecule has 7 nitrogen and oxygen atoms in total. The lowest BCUT2D eigenvalue weighted by atomic mass is 10.1. The van der Waals surface area contributed by atoms with Gasteiger partial charge in [0, 0.05) is 19.8 Å². The molecule has 0 saturated heterocycles. The van der Waals surface area contributed by atoms with Gasteiger partial charge in [-0.2, -0.15) is 10.2 Å². The highest BCUT2D eigenvalue weighted by Gasteiger charge is 2.24. The Hall–Kier alpha value is -2.71. The van der Waals surface area contributed by atoms with Gasteiger partial charge in [0.25, 0.3) is 0 Å². The lowest BCUT2D eigenvalue weighted by Crippen LogP contribution is -2.33. The molecule has 132 valence electrons. The summed E-state index contributed by atoms with van der Waals surface area (Å²) in [5, 5.41) is 20.4. The van der Waals surface area contributed by atoms with E-state index in [2.05, 4.69) is 21.2 Å². The summed E-state index contributed by atoms with van der Waals surface area (Å²) >= 11 is 1.72. The van der Waals surface area contributed by atoms with E-state index in [1.165, 1.54) is 4.70 Å². The first-order valence-electron chi connectivity index (χ1n) is 8.52. The van der Waals surface area contributed by atoms with E-state index in [0.29, 0.717) is 5.69 Å². The predicted octanol–water partition coefficient (Wildman–Crippen LogP) is 2.33. The lowest BCUT2D eigenvalue weighted by Gasteiger charge is -2.27. The highest BCUT2D eigenvalue weighted by atomic mass is 32.1. The van der Waals surface area contributed by atoms with Crippen LogP contribution in [0, 0.1) is 0 Å². The molecule has 1 N–H and O–H groups in total.